The predicted octanol–water partition coefficient (Wildman–Crippen LogP) is 1.01. The van der Waals surface area contributed by atoms with E-state index in [0.29, 0.717) is 36.0 Å². The van der Waals surface area contributed by atoms with Crippen LogP contribution < -0.4 is 27.6 Å². The number of hydrogen-bond donors (Lipinski definition) is 2. The number of anilines is 2. The van der Waals surface area contributed by atoms with E-state index in [0.717, 1.165) is 22.0 Å². The van der Waals surface area contributed by atoms with E-state index in [-0.39, 0.29) is 36.9 Å². The minimum absolute atomic E-state index is 0.0505. The SMILES string of the molecule is C#CCOC(=O)Cn1c(=O)n(Cc2ccc(N=CC=C)c(N)c2)c(=O)c2c1nc(N1CCCC(N)C1)n2CC#CC. The smallest absolute Gasteiger partial charge is 0.333 e. The van der Waals surface area contributed by atoms with Gasteiger partial charge in [-0.05, 0) is 37.5 Å². The summed E-state index contributed by atoms with van der Waals surface area (Å²) >= 11 is 0. The maximum Gasteiger partial charge on any atom is 0.333 e. The van der Waals surface area contributed by atoms with Crippen LogP contribution in [0.25, 0.3) is 11.2 Å². The predicted molar refractivity (Wildman–Crippen MR) is 159 cm³/mol. The van der Waals surface area contributed by atoms with Gasteiger partial charge in [0.25, 0.3) is 5.56 Å². The highest BCUT2D eigenvalue weighted by molar-refractivity contribution is 5.78. The van der Waals surface area contributed by atoms with Gasteiger partial charge in [0.1, 0.15) is 6.54 Å². The fourth-order valence-electron chi connectivity index (χ4n) is 4.73. The molecular formula is C29H32N8O4. The highest BCUT2D eigenvalue weighted by Crippen LogP contribution is 2.25. The van der Waals surface area contributed by atoms with E-state index in [9.17, 15) is 14.4 Å². The zero-order chi connectivity index (χ0) is 29.5. The van der Waals surface area contributed by atoms with Gasteiger partial charge in [-0.3, -0.25) is 28.3 Å². The van der Waals surface area contributed by atoms with Crippen molar-refractivity contribution in [2.75, 3.05) is 30.3 Å². The number of rotatable bonds is 9. The number of aliphatic imine (C=N–C) groups is 1. The van der Waals surface area contributed by atoms with Crippen LogP contribution >= 0.6 is 0 Å². The molecule has 0 spiro atoms. The van der Waals surface area contributed by atoms with Gasteiger partial charge in [0.2, 0.25) is 5.95 Å². The van der Waals surface area contributed by atoms with E-state index in [1.807, 2.05) is 4.90 Å². The van der Waals surface area contributed by atoms with Crippen LogP contribution in [0.2, 0.25) is 0 Å². The van der Waals surface area contributed by atoms with Gasteiger partial charge in [-0.2, -0.15) is 4.98 Å². The molecule has 3 aromatic rings. The summed E-state index contributed by atoms with van der Waals surface area (Å²) in [4.78, 5) is 51.3. The van der Waals surface area contributed by atoms with Gasteiger partial charge in [0, 0.05) is 25.3 Å². The quantitative estimate of drug-likeness (QED) is 0.171. The molecule has 1 aliphatic heterocycles. The van der Waals surface area contributed by atoms with Crippen molar-refractivity contribution in [3.63, 3.8) is 0 Å². The Hall–Kier alpha value is -5.07. The fraction of sp³-hybridized carbons (Fsp3) is 0.345. The number of ether oxygens (including phenoxy) is 1. The normalized spacial score (nSPS) is 15.0. The Labute approximate surface area is 236 Å². The second kappa shape index (κ2) is 12.9. The first kappa shape index (κ1) is 28.9. The first-order valence-electron chi connectivity index (χ1n) is 13.1. The van der Waals surface area contributed by atoms with Gasteiger partial charge in [-0.1, -0.05) is 30.6 Å². The molecule has 0 radical (unpaired) electrons. The summed E-state index contributed by atoms with van der Waals surface area (Å²) in [6.45, 7) is 5.75. The number of carbonyl (C=O) groups excluding carboxylic acids is 1. The van der Waals surface area contributed by atoms with E-state index in [4.69, 9.17) is 27.6 Å². The number of benzene rings is 1. The van der Waals surface area contributed by atoms with Crippen LogP contribution in [0.4, 0.5) is 17.3 Å². The van der Waals surface area contributed by atoms with Crippen LogP contribution in [0.3, 0.4) is 0 Å². The molecule has 41 heavy (non-hydrogen) atoms. The Balaban J connectivity index is 1.93. The molecule has 0 amide bonds. The monoisotopic (exact) mass is 556 g/mol. The zero-order valence-corrected chi connectivity index (χ0v) is 22.9. The highest BCUT2D eigenvalue weighted by Gasteiger charge is 2.27. The number of imidazole rings is 1. The molecule has 4 rings (SSSR count). The lowest BCUT2D eigenvalue weighted by Gasteiger charge is -2.31. The number of allylic oxidation sites excluding steroid dienone is 1. The Kier molecular flexibility index (Phi) is 9.07. The number of nitrogens with zero attached hydrogens (tertiary/aromatic N) is 6. The standard InChI is InChI=1S/C29H32N8O4/c1-4-7-14-35-25-26(33-28(35)34-13-8-9-21(30)18-34)36(19-24(38)41-15-6-3)29(40)37(27(25)39)17-20-10-11-23(22(31)16-20)32-12-5-2/h3,5,10-12,16,21H,2,8-9,13-15,17-19,30-31H2,1H3. The minimum Gasteiger partial charge on any atom is -0.451 e. The summed E-state index contributed by atoms with van der Waals surface area (Å²) in [5.41, 5.74) is 12.7. The molecule has 0 saturated carbocycles. The average Bonchev–Trinajstić information content (AvgIpc) is 3.34. The molecule has 1 saturated heterocycles. The topological polar surface area (TPSA) is 156 Å². The van der Waals surface area contributed by atoms with Crippen molar-refractivity contribution >= 4 is 40.7 Å². The summed E-state index contributed by atoms with van der Waals surface area (Å²) in [7, 11) is 0. The van der Waals surface area contributed by atoms with Gasteiger partial charge < -0.3 is 21.1 Å². The van der Waals surface area contributed by atoms with Gasteiger partial charge in [0.05, 0.1) is 24.5 Å². The lowest BCUT2D eigenvalue weighted by atomic mass is 10.1. The molecule has 212 valence electrons. The summed E-state index contributed by atoms with van der Waals surface area (Å²) in [6, 6.07) is 4.96. The first-order chi connectivity index (χ1) is 19.8. The molecule has 0 bridgehead atoms. The zero-order valence-electron chi connectivity index (χ0n) is 22.9. The second-order valence-corrected chi connectivity index (χ2v) is 9.48. The Morgan fingerprint density at radius 3 is 2.80 bits per heavy atom. The number of terminal acetylenes is 1. The second-order valence-electron chi connectivity index (χ2n) is 9.48. The van der Waals surface area contributed by atoms with Crippen molar-refractivity contribution in [2.24, 2.45) is 10.7 Å². The molecular weight excluding hydrogens is 524 g/mol. The summed E-state index contributed by atoms with van der Waals surface area (Å²) in [5, 5.41) is 0. The van der Waals surface area contributed by atoms with E-state index >= 15 is 0 Å². The Bertz CT molecular complexity index is 1730. The lowest BCUT2D eigenvalue weighted by molar-refractivity contribution is -0.142. The molecule has 1 unspecified atom stereocenters. The lowest BCUT2D eigenvalue weighted by Crippen LogP contribution is -2.44. The molecule has 2 aromatic heterocycles. The van der Waals surface area contributed by atoms with Crippen LogP contribution in [0.5, 0.6) is 0 Å². The summed E-state index contributed by atoms with van der Waals surface area (Å²) in [6.07, 6.45) is 9.96. The maximum absolute atomic E-state index is 14.0. The van der Waals surface area contributed by atoms with Gasteiger partial charge >= 0.3 is 11.7 Å². The number of carbonyl (C=O) groups is 1. The number of esters is 1. The number of aromatic nitrogens is 4. The molecule has 1 aliphatic rings. The van der Waals surface area contributed by atoms with Crippen molar-refractivity contribution in [3.8, 4) is 24.2 Å². The molecule has 1 aromatic carbocycles. The molecule has 3 heterocycles. The number of nitrogen functional groups attached to an aromatic ring is 1. The Morgan fingerprint density at radius 1 is 1.32 bits per heavy atom. The molecule has 0 aliphatic carbocycles. The van der Waals surface area contributed by atoms with Crippen molar-refractivity contribution in [1.82, 2.24) is 18.7 Å². The third-order valence-corrected chi connectivity index (χ3v) is 6.60. The van der Waals surface area contributed by atoms with Crippen LogP contribution in [0.15, 0.2) is 45.4 Å². The molecule has 12 nitrogen and oxygen atoms in total. The number of fused-ring (bicyclic) bond motifs is 1. The van der Waals surface area contributed by atoms with Gasteiger partial charge in [0.15, 0.2) is 17.8 Å². The number of piperidine rings is 1. The van der Waals surface area contributed by atoms with Crippen LogP contribution in [-0.2, 0) is 29.2 Å². The van der Waals surface area contributed by atoms with Crippen molar-refractivity contribution in [2.45, 2.75) is 45.4 Å². The first-order valence-corrected chi connectivity index (χ1v) is 13.1. The molecule has 1 fully saturated rings. The maximum atomic E-state index is 14.0. The fourth-order valence-corrected chi connectivity index (χ4v) is 4.73. The molecule has 12 heteroatoms. The van der Waals surface area contributed by atoms with Gasteiger partial charge in [-0.25, -0.2) is 4.79 Å². The third-order valence-electron chi connectivity index (χ3n) is 6.60. The van der Waals surface area contributed by atoms with E-state index < -0.39 is 23.8 Å². The van der Waals surface area contributed by atoms with Crippen molar-refractivity contribution in [1.29, 1.82) is 0 Å². The van der Waals surface area contributed by atoms with Gasteiger partial charge in [-0.15, -0.1) is 12.3 Å². The van der Waals surface area contributed by atoms with E-state index in [2.05, 4.69) is 29.3 Å². The summed E-state index contributed by atoms with van der Waals surface area (Å²) < 4.78 is 8.88. The van der Waals surface area contributed by atoms with Crippen molar-refractivity contribution < 1.29 is 9.53 Å². The van der Waals surface area contributed by atoms with Crippen LogP contribution in [0, 0.1) is 24.2 Å². The van der Waals surface area contributed by atoms with E-state index in [1.165, 1.54) is 12.3 Å². The third kappa shape index (κ3) is 6.24. The highest BCUT2D eigenvalue weighted by atomic mass is 16.5. The molecule has 4 N–H and O–H groups in total. The van der Waals surface area contributed by atoms with Crippen LogP contribution in [0.1, 0.15) is 25.3 Å². The van der Waals surface area contributed by atoms with E-state index in [1.54, 1.807) is 29.7 Å². The number of hydrogen-bond acceptors (Lipinski definition) is 9. The number of nitrogens with two attached hydrogens (primary N) is 2. The average molecular weight is 557 g/mol. The largest absolute Gasteiger partial charge is 0.451 e. The summed E-state index contributed by atoms with van der Waals surface area (Å²) in [5.74, 6) is 7.78. The molecule has 1 atom stereocenters. The van der Waals surface area contributed by atoms with Crippen molar-refractivity contribution in [3.05, 3.63) is 57.3 Å². The van der Waals surface area contributed by atoms with Crippen LogP contribution in [-0.4, -0.2) is 56.6 Å². The minimum atomic E-state index is -0.741. The Morgan fingerprint density at radius 2 is 2.12 bits per heavy atom.